The molecule has 0 heterocycles. The first-order valence-corrected chi connectivity index (χ1v) is 8.63. The standard InChI is InChI=1S/C10H21NO2.C8H17NO2/c1-7-8(2)13-9(12)10(3,4)11(5)6;1-5-6-11-8(10)7(2)9(3)4/h8H,7H2,1-6H3;7H,5-6H2,1-4H3. The number of likely N-dealkylation sites (N-methyl/N-ethyl adjacent to an activating group) is 2. The maximum absolute atomic E-state index is 11.6. The lowest BCUT2D eigenvalue weighted by Crippen LogP contribution is -2.47. The first-order valence-electron chi connectivity index (χ1n) is 8.63. The van der Waals surface area contributed by atoms with E-state index in [1.807, 2.05) is 79.5 Å². The minimum atomic E-state index is -0.538. The maximum Gasteiger partial charge on any atom is 0.326 e. The number of carbonyl (C=O) groups is 2. The number of esters is 2. The van der Waals surface area contributed by atoms with Gasteiger partial charge in [0.2, 0.25) is 0 Å². The molecule has 0 aliphatic heterocycles. The van der Waals surface area contributed by atoms with Crippen LogP contribution in [0.5, 0.6) is 0 Å². The van der Waals surface area contributed by atoms with Gasteiger partial charge in [0.15, 0.2) is 0 Å². The molecular weight excluding hydrogens is 308 g/mol. The topological polar surface area (TPSA) is 59.1 Å². The Morgan fingerprint density at radius 2 is 1.54 bits per heavy atom. The minimum absolute atomic E-state index is 0.00623. The first kappa shape index (κ1) is 25.1. The molecule has 6 nitrogen and oxygen atoms in total. The molecule has 2 unspecified atom stereocenters. The molecule has 0 saturated carbocycles. The molecule has 0 saturated heterocycles. The summed E-state index contributed by atoms with van der Waals surface area (Å²) in [6, 6.07) is -0.137. The molecule has 0 amide bonds. The lowest BCUT2D eigenvalue weighted by molar-refractivity contribution is -0.159. The van der Waals surface area contributed by atoms with E-state index < -0.39 is 5.54 Å². The van der Waals surface area contributed by atoms with Crippen LogP contribution in [0.15, 0.2) is 0 Å². The second-order valence-electron chi connectivity index (χ2n) is 6.88. The Kier molecular flexibility index (Phi) is 12.8. The molecule has 0 fully saturated rings. The summed E-state index contributed by atoms with van der Waals surface area (Å²) in [6.07, 6.45) is 1.74. The minimum Gasteiger partial charge on any atom is -0.465 e. The van der Waals surface area contributed by atoms with Crippen LogP contribution in [0.1, 0.15) is 54.4 Å². The molecule has 0 aromatic carbocycles. The molecule has 0 aromatic rings. The normalized spacial score (nSPS) is 13.8. The molecule has 144 valence electrons. The molecule has 0 N–H and O–H groups in total. The molecule has 0 aliphatic carbocycles. The van der Waals surface area contributed by atoms with Gasteiger partial charge in [0.25, 0.3) is 0 Å². The van der Waals surface area contributed by atoms with E-state index in [2.05, 4.69) is 0 Å². The van der Waals surface area contributed by atoms with Crippen LogP contribution in [0.2, 0.25) is 0 Å². The van der Waals surface area contributed by atoms with Gasteiger partial charge in [0, 0.05) is 0 Å². The third-order valence-corrected chi connectivity index (χ3v) is 4.06. The van der Waals surface area contributed by atoms with E-state index in [0.29, 0.717) is 6.61 Å². The zero-order valence-corrected chi connectivity index (χ0v) is 17.3. The second kappa shape index (κ2) is 12.3. The number of hydrogen-bond donors (Lipinski definition) is 0. The van der Waals surface area contributed by atoms with Crippen LogP contribution >= 0.6 is 0 Å². The van der Waals surface area contributed by atoms with Crippen molar-refractivity contribution >= 4 is 11.9 Å². The zero-order chi connectivity index (χ0) is 19.5. The Balaban J connectivity index is 0. The summed E-state index contributed by atoms with van der Waals surface area (Å²) >= 11 is 0. The summed E-state index contributed by atoms with van der Waals surface area (Å²) in [4.78, 5) is 26.4. The Morgan fingerprint density at radius 3 is 1.88 bits per heavy atom. The zero-order valence-electron chi connectivity index (χ0n) is 17.3. The first-order chi connectivity index (χ1) is 10.9. The molecule has 0 spiro atoms. The fourth-order valence-corrected chi connectivity index (χ4v) is 1.13. The number of carbonyl (C=O) groups excluding carboxylic acids is 2. The molecule has 24 heavy (non-hydrogen) atoms. The van der Waals surface area contributed by atoms with Crippen LogP contribution in [0.4, 0.5) is 0 Å². The van der Waals surface area contributed by atoms with Gasteiger partial charge in [-0.1, -0.05) is 13.8 Å². The molecule has 0 aliphatic rings. The van der Waals surface area contributed by atoms with E-state index in [-0.39, 0.29) is 24.1 Å². The van der Waals surface area contributed by atoms with Crippen molar-refractivity contribution in [3.05, 3.63) is 0 Å². The highest BCUT2D eigenvalue weighted by atomic mass is 16.5. The highest BCUT2D eigenvalue weighted by molar-refractivity contribution is 5.79. The van der Waals surface area contributed by atoms with Crippen LogP contribution in [0.25, 0.3) is 0 Å². The fraction of sp³-hybridized carbons (Fsp3) is 0.889. The van der Waals surface area contributed by atoms with E-state index in [0.717, 1.165) is 12.8 Å². The quantitative estimate of drug-likeness (QED) is 0.630. The van der Waals surface area contributed by atoms with E-state index in [1.165, 1.54) is 0 Å². The van der Waals surface area contributed by atoms with Gasteiger partial charge in [-0.3, -0.25) is 19.4 Å². The average Bonchev–Trinajstić information content (AvgIpc) is 2.51. The van der Waals surface area contributed by atoms with Gasteiger partial charge >= 0.3 is 11.9 Å². The molecule has 0 bridgehead atoms. The Bertz CT molecular complexity index is 368. The van der Waals surface area contributed by atoms with Crippen molar-refractivity contribution in [2.45, 2.75) is 72.1 Å². The van der Waals surface area contributed by atoms with E-state index >= 15 is 0 Å². The van der Waals surface area contributed by atoms with Crippen LogP contribution < -0.4 is 0 Å². The molecule has 0 aromatic heterocycles. The van der Waals surface area contributed by atoms with Crippen molar-refractivity contribution < 1.29 is 19.1 Å². The molecular formula is C18H38N2O4. The summed E-state index contributed by atoms with van der Waals surface area (Å²) in [5.41, 5.74) is -0.538. The van der Waals surface area contributed by atoms with E-state index in [4.69, 9.17) is 9.47 Å². The van der Waals surface area contributed by atoms with Crippen LogP contribution in [0.3, 0.4) is 0 Å². The Morgan fingerprint density at radius 1 is 1.04 bits per heavy atom. The molecule has 6 heteroatoms. The van der Waals surface area contributed by atoms with Crippen molar-refractivity contribution in [2.24, 2.45) is 0 Å². The van der Waals surface area contributed by atoms with Crippen molar-refractivity contribution in [3.8, 4) is 0 Å². The molecule has 0 radical (unpaired) electrons. The summed E-state index contributed by atoms with van der Waals surface area (Å²) < 4.78 is 10.2. The highest BCUT2D eigenvalue weighted by Gasteiger charge is 2.32. The van der Waals surface area contributed by atoms with Gasteiger partial charge in [0.1, 0.15) is 11.6 Å². The summed E-state index contributed by atoms with van der Waals surface area (Å²) in [7, 11) is 7.46. The number of ether oxygens (including phenoxy) is 2. The maximum atomic E-state index is 11.6. The van der Waals surface area contributed by atoms with E-state index in [1.54, 1.807) is 0 Å². The summed E-state index contributed by atoms with van der Waals surface area (Å²) in [5, 5.41) is 0. The van der Waals surface area contributed by atoms with Gasteiger partial charge in [-0.15, -0.1) is 0 Å². The smallest absolute Gasteiger partial charge is 0.326 e. The highest BCUT2D eigenvalue weighted by Crippen LogP contribution is 2.14. The molecule has 0 rings (SSSR count). The van der Waals surface area contributed by atoms with Crippen LogP contribution in [0, 0.1) is 0 Å². The second-order valence-corrected chi connectivity index (χ2v) is 6.88. The SMILES string of the molecule is CCC(C)OC(=O)C(C)(C)N(C)C.CCCOC(=O)C(C)N(C)C. The van der Waals surface area contributed by atoms with Crippen molar-refractivity contribution in [1.29, 1.82) is 0 Å². The Hall–Kier alpha value is -1.14. The predicted octanol–water partition coefficient (Wildman–Crippen LogP) is 2.56. The van der Waals surface area contributed by atoms with Gasteiger partial charge in [-0.05, 0) is 68.7 Å². The summed E-state index contributed by atoms with van der Waals surface area (Å²) in [5.74, 6) is -0.302. The molecule has 2 atom stereocenters. The fourth-order valence-electron chi connectivity index (χ4n) is 1.13. The number of rotatable bonds is 8. The van der Waals surface area contributed by atoms with Crippen molar-refractivity contribution in [2.75, 3.05) is 34.8 Å². The number of hydrogen-bond acceptors (Lipinski definition) is 6. The third kappa shape index (κ3) is 9.88. The number of nitrogens with zero attached hydrogens (tertiary/aromatic N) is 2. The predicted molar refractivity (Wildman–Crippen MR) is 98.0 cm³/mol. The lowest BCUT2D eigenvalue weighted by Gasteiger charge is -2.30. The van der Waals surface area contributed by atoms with Crippen molar-refractivity contribution in [1.82, 2.24) is 9.80 Å². The summed E-state index contributed by atoms with van der Waals surface area (Å²) in [6.45, 7) is 12.0. The van der Waals surface area contributed by atoms with Gasteiger partial charge < -0.3 is 9.47 Å². The van der Waals surface area contributed by atoms with Gasteiger partial charge in [0.05, 0.1) is 12.7 Å². The average molecular weight is 347 g/mol. The Labute approximate surface area is 148 Å². The third-order valence-electron chi connectivity index (χ3n) is 4.06. The van der Waals surface area contributed by atoms with Crippen molar-refractivity contribution in [3.63, 3.8) is 0 Å². The van der Waals surface area contributed by atoms with Gasteiger partial charge in [-0.2, -0.15) is 0 Å². The lowest BCUT2D eigenvalue weighted by atomic mass is 10.1. The van der Waals surface area contributed by atoms with Gasteiger partial charge in [-0.25, -0.2) is 0 Å². The van der Waals surface area contributed by atoms with Crippen LogP contribution in [-0.2, 0) is 19.1 Å². The van der Waals surface area contributed by atoms with E-state index in [9.17, 15) is 9.59 Å². The largest absolute Gasteiger partial charge is 0.465 e. The monoisotopic (exact) mass is 346 g/mol. The van der Waals surface area contributed by atoms with Crippen LogP contribution in [-0.4, -0.2) is 74.2 Å².